The van der Waals surface area contributed by atoms with Gasteiger partial charge in [0.15, 0.2) is 0 Å². The van der Waals surface area contributed by atoms with Gasteiger partial charge in [-0.2, -0.15) is 0 Å². The molecule has 0 atom stereocenters. The molecule has 0 spiro atoms. The van der Waals surface area contributed by atoms with Gasteiger partial charge < -0.3 is 4.74 Å². The number of aromatic nitrogens is 1. The first kappa shape index (κ1) is 15.3. The molecule has 0 aliphatic carbocycles. The molecule has 0 amide bonds. The monoisotopic (exact) mass is 341 g/mol. The number of hydrogen-bond acceptors (Lipinski definition) is 3. The van der Waals surface area contributed by atoms with Crippen LogP contribution in [0.15, 0.2) is 10.5 Å². The molecule has 0 N–H and O–H groups in total. The fraction of sp³-hybridized carbons (Fsp3) is 0.455. The Morgan fingerprint density at radius 1 is 1.61 bits per heavy atom. The van der Waals surface area contributed by atoms with Crippen molar-refractivity contribution in [3.8, 4) is 0 Å². The van der Waals surface area contributed by atoms with E-state index in [1.165, 1.54) is 6.07 Å². The van der Waals surface area contributed by atoms with Crippen molar-refractivity contribution >= 4 is 33.5 Å². The summed E-state index contributed by atoms with van der Waals surface area (Å²) in [6.45, 7) is 1.92. The zero-order chi connectivity index (χ0) is 13.7. The van der Waals surface area contributed by atoms with Crippen LogP contribution >= 0.6 is 27.5 Å². The van der Waals surface area contributed by atoms with Crippen LogP contribution in [0.3, 0.4) is 0 Å². The van der Waals surface area contributed by atoms with Crippen LogP contribution in [0.25, 0.3) is 0 Å². The summed E-state index contributed by atoms with van der Waals surface area (Å²) < 4.78 is 30.5. The molecule has 100 valence electrons. The second-order valence-electron chi connectivity index (χ2n) is 3.38. The molecule has 0 fully saturated rings. The average Bonchev–Trinajstić information content (AvgIpc) is 2.31. The van der Waals surface area contributed by atoms with Crippen molar-refractivity contribution in [3.63, 3.8) is 0 Å². The molecule has 1 aromatic rings. The molecule has 18 heavy (non-hydrogen) atoms. The van der Waals surface area contributed by atoms with E-state index in [4.69, 9.17) is 16.3 Å². The van der Waals surface area contributed by atoms with Crippen molar-refractivity contribution in [2.75, 3.05) is 6.61 Å². The van der Waals surface area contributed by atoms with Gasteiger partial charge in [0.1, 0.15) is 5.69 Å². The molecular formula is C11H11BrClF2NO2. The number of nitrogens with zero attached hydrogens (tertiary/aromatic N) is 1. The number of pyridine rings is 1. The highest BCUT2D eigenvalue weighted by molar-refractivity contribution is 9.10. The normalized spacial score (nSPS) is 10.8. The van der Waals surface area contributed by atoms with Crippen LogP contribution in [0.1, 0.15) is 30.3 Å². The van der Waals surface area contributed by atoms with E-state index in [1.54, 1.807) is 6.92 Å². The Bertz CT molecular complexity index is 443. The zero-order valence-corrected chi connectivity index (χ0v) is 11.9. The highest BCUT2D eigenvalue weighted by Crippen LogP contribution is 2.27. The van der Waals surface area contributed by atoms with Crippen molar-refractivity contribution in [1.29, 1.82) is 0 Å². The van der Waals surface area contributed by atoms with Gasteiger partial charge in [0, 0.05) is 4.47 Å². The van der Waals surface area contributed by atoms with E-state index in [0.29, 0.717) is 10.0 Å². The second-order valence-corrected chi connectivity index (χ2v) is 4.44. The van der Waals surface area contributed by atoms with Gasteiger partial charge in [0.2, 0.25) is 0 Å². The highest BCUT2D eigenvalue weighted by Gasteiger charge is 2.17. The maximum absolute atomic E-state index is 12.6. The summed E-state index contributed by atoms with van der Waals surface area (Å²) in [4.78, 5) is 15.1. The Hall–Kier alpha value is -0.750. The Morgan fingerprint density at radius 2 is 2.28 bits per heavy atom. The minimum Gasteiger partial charge on any atom is -0.466 e. The van der Waals surface area contributed by atoms with Gasteiger partial charge in [-0.25, -0.2) is 13.8 Å². The first-order valence-corrected chi connectivity index (χ1v) is 6.50. The summed E-state index contributed by atoms with van der Waals surface area (Å²) in [5.41, 5.74) is 0.288. The number of rotatable bonds is 5. The van der Waals surface area contributed by atoms with E-state index in [9.17, 15) is 13.6 Å². The Balaban J connectivity index is 3.08. The predicted molar refractivity (Wildman–Crippen MR) is 66.8 cm³/mol. The Labute approximate surface area is 117 Å². The fourth-order valence-corrected chi connectivity index (χ4v) is 2.20. The third-order valence-corrected chi connectivity index (χ3v) is 3.33. The van der Waals surface area contributed by atoms with Crippen LogP contribution in [0.5, 0.6) is 0 Å². The fourth-order valence-electron chi connectivity index (χ4n) is 1.36. The van der Waals surface area contributed by atoms with Crippen LogP contribution in [0, 0.1) is 0 Å². The van der Waals surface area contributed by atoms with E-state index in [1.807, 2.05) is 0 Å². The van der Waals surface area contributed by atoms with Crippen LogP contribution in [0.2, 0.25) is 0 Å². The summed E-state index contributed by atoms with van der Waals surface area (Å²) >= 11 is 8.83. The summed E-state index contributed by atoms with van der Waals surface area (Å²) in [6.07, 6.45) is -2.80. The van der Waals surface area contributed by atoms with Crippen molar-refractivity contribution in [2.45, 2.75) is 25.7 Å². The molecular weight excluding hydrogens is 331 g/mol. The molecule has 0 saturated carbocycles. The molecule has 0 radical (unpaired) electrons. The zero-order valence-electron chi connectivity index (χ0n) is 9.55. The van der Waals surface area contributed by atoms with Crippen LogP contribution in [-0.4, -0.2) is 17.6 Å². The molecule has 0 aliphatic rings. The van der Waals surface area contributed by atoms with Gasteiger partial charge in [-0.3, -0.25) is 4.79 Å². The van der Waals surface area contributed by atoms with Crippen LogP contribution in [-0.2, 0) is 21.8 Å². The van der Waals surface area contributed by atoms with Gasteiger partial charge in [0.25, 0.3) is 6.43 Å². The summed E-state index contributed by atoms with van der Waals surface area (Å²) in [5.74, 6) is -0.498. The molecule has 0 bridgehead atoms. The topological polar surface area (TPSA) is 39.2 Å². The highest BCUT2D eigenvalue weighted by atomic mass is 79.9. The third kappa shape index (κ3) is 3.88. The van der Waals surface area contributed by atoms with Crippen molar-refractivity contribution in [3.05, 3.63) is 27.5 Å². The molecule has 0 unspecified atom stereocenters. The van der Waals surface area contributed by atoms with Gasteiger partial charge in [-0.05, 0) is 34.5 Å². The lowest BCUT2D eigenvalue weighted by atomic mass is 10.1. The first-order chi connectivity index (χ1) is 8.49. The van der Waals surface area contributed by atoms with Gasteiger partial charge >= 0.3 is 5.97 Å². The van der Waals surface area contributed by atoms with E-state index in [0.717, 1.165) is 0 Å². The molecule has 0 saturated heterocycles. The first-order valence-electron chi connectivity index (χ1n) is 5.17. The largest absolute Gasteiger partial charge is 0.466 e. The van der Waals surface area contributed by atoms with Crippen molar-refractivity contribution < 1.29 is 18.3 Å². The number of hydrogen-bond donors (Lipinski definition) is 0. The second kappa shape index (κ2) is 6.99. The lowest BCUT2D eigenvalue weighted by Crippen LogP contribution is -2.10. The molecule has 1 aromatic heterocycles. The van der Waals surface area contributed by atoms with E-state index >= 15 is 0 Å². The number of ether oxygens (including phenoxy) is 1. The van der Waals surface area contributed by atoms with E-state index in [-0.39, 0.29) is 24.6 Å². The lowest BCUT2D eigenvalue weighted by molar-refractivity contribution is -0.142. The minimum absolute atomic E-state index is 0.0169. The lowest BCUT2D eigenvalue weighted by Gasteiger charge is -2.10. The third-order valence-electron chi connectivity index (χ3n) is 2.11. The maximum atomic E-state index is 12.6. The molecule has 7 heteroatoms. The maximum Gasteiger partial charge on any atom is 0.310 e. The van der Waals surface area contributed by atoms with Gasteiger partial charge in [-0.15, -0.1) is 11.6 Å². The van der Waals surface area contributed by atoms with Crippen LogP contribution < -0.4 is 0 Å². The van der Waals surface area contributed by atoms with Crippen molar-refractivity contribution in [2.24, 2.45) is 0 Å². The summed E-state index contributed by atoms with van der Waals surface area (Å²) in [6, 6.07) is 1.18. The number of esters is 1. The molecule has 0 aliphatic heterocycles. The average molecular weight is 343 g/mol. The van der Waals surface area contributed by atoms with E-state index < -0.39 is 18.1 Å². The number of carbonyl (C=O) groups is 1. The number of halogens is 4. The van der Waals surface area contributed by atoms with Crippen LogP contribution in [0.4, 0.5) is 8.78 Å². The standard InChI is InChI=1S/C11H11BrClF2NO2/c1-2-18-9(17)4-6-3-7(11(14)15)16-8(5-13)10(6)12/h3,11H,2,4-5H2,1H3. The van der Waals surface area contributed by atoms with Gasteiger partial charge in [-0.1, -0.05) is 0 Å². The molecule has 0 aromatic carbocycles. The van der Waals surface area contributed by atoms with E-state index in [2.05, 4.69) is 20.9 Å². The Morgan fingerprint density at radius 3 is 2.78 bits per heavy atom. The predicted octanol–water partition coefficient (Wildman–Crippen LogP) is 3.63. The molecule has 3 nitrogen and oxygen atoms in total. The Kier molecular flexibility index (Phi) is 5.95. The number of carbonyl (C=O) groups excluding carboxylic acids is 1. The molecule has 1 heterocycles. The minimum atomic E-state index is -2.71. The van der Waals surface area contributed by atoms with Crippen molar-refractivity contribution in [1.82, 2.24) is 4.98 Å². The molecule has 1 rings (SSSR count). The van der Waals surface area contributed by atoms with Gasteiger partial charge in [0.05, 0.1) is 24.6 Å². The number of alkyl halides is 3. The SMILES string of the molecule is CCOC(=O)Cc1cc(C(F)F)nc(CCl)c1Br. The summed E-state index contributed by atoms with van der Waals surface area (Å²) in [7, 11) is 0. The quantitative estimate of drug-likeness (QED) is 0.606. The summed E-state index contributed by atoms with van der Waals surface area (Å²) in [5, 5.41) is 0. The smallest absolute Gasteiger partial charge is 0.310 e.